The third-order valence-electron chi connectivity index (χ3n) is 3.08. The van der Waals surface area contributed by atoms with Crippen molar-refractivity contribution < 1.29 is 23.0 Å². The van der Waals surface area contributed by atoms with Gasteiger partial charge in [0, 0.05) is 18.1 Å². The summed E-state index contributed by atoms with van der Waals surface area (Å²) in [7, 11) is 0. The molecule has 0 fully saturated rings. The smallest absolute Gasteiger partial charge is 0.310 e. The Balaban J connectivity index is 2.15. The van der Waals surface area contributed by atoms with Crippen molar-refractivity contribution in [1.82, 2.24) is 0 Å². The highest BCUT2D eigenvalue weighted by atomic mass is 19.1. The highest BCUT2D eigenvalue weighted by molar-refractivity contribution is 5.72. The Bertz CT molecular complexity index is 684. The number of ether oxygens (including phenoxy) is 2. The molecule has 0 heterocycles. The molecule has 5 heteroatoms. The lowest BCUT2D eigenvalue weighted by molar-refractivity contribution is -0.134. The lowest BCUT2D eigenvalue weighted by atomic mass is 10.2. The summed E-state index contributed by atoms with van der Waals surface area (Å²) >= 11 is 0. The fourth-order valence-electron chi connectivity index (χ4n) is 1.81. The van der Waals surface area contributed by atoms with E-state index in [9.17, 15) is 13.6 Å². The van der Waals surface area contributed by atoms with Gasteiger partial charge in [0.15, 0.2) is 11.6 Å². The van der Waals surface area contributed by atoms with Crippen LogP contribution in [0.4, 0.5) is 8.78 Å². The maximum Gasteiger partial charge on any atom is 0.310 e. The number of halogens is 2. The van der Waals surface area contributed by atoms with E-state index in [1.807, 2.05) is 0 Å². The molecule has 0 radical (unpaired) electrons. The molecule has 0 spiro atoms. The molecule has 0 saturated carbocycles. The summed E-state index contributed by atoms with van der Waals surface area (Å²) in [5, 5.41) is 0. The van der Waals surface area contributed by atoms with Crippen LogP contribution in [0.2, 0.25) is 0 Å². The molecule has 22 heavy (non-hydrogen) atoms. The number of hydrogen-bond acceptors (Lipinski definition) is 3. The fraction of sp³-hybridized carbons (Fsp3) is 0.235. The molecule has 0 N–H and O–H groups in total. The van der Waals surface area contributed by atoms with Crippen molar-refractivity contribution in [2.24, 2.45) is 0 Å². The number of carbonyl (C=O) groups is 1. The molecule has 0 amide bonds. The average Bonchev–Trinajstić information content (AvgIpc) is 2.50. The van der Waals surface area contributed by atoms with Gasteiger partial charge in [-0.05, 0) is 24.6 Å². The van der Waals surface area contributed by atoms with E-state index in [0.717, 1.165) is 12.1 Å². The lowest BCUT2D eigenvalue weighted by Crippen LogP contribution is -2.08. The number of rotatable bonds is 5. The normalized spacial score (nSPS) is 10.4. The molecule has 0 atom stereocenters. The van der Waals surface area contributed by atoms with Gasteiger partial charge in [-0.1, -0.05) is 25.1 Å². The van der Waals surface area contributed by atoms with E-state index < -0.39 is 11.6 Å². The first kappa shape index (κ1) is 15.9. The Morgan fingerprint density at radius 2 is 1.82 bits per heavy atom. The zero-order valence-electron chi connectivity index (χ0n) is 12.4. The van der Waals surface area contributed by atoms with Gasteiger partial charge in [-0.25, -0.2) is 8.78 Å². The summed E-state index contributed by atoms with van der Waals surface area (Å²) in [6.45, 7) is 3.13. The molecule has 0 aliphatic rings. The van der Waals surface area contributed by atoms with Crippen LogP contribution in [0, 0.1) is 18.6 Å². The van der Waals surface area contributed by atoms with Gasteiger partial charge in [0.2, 0.25) is 0 Å². The minimum atomic E-state index is -0.637. The highest BCUT2D eigenvalue weighted by Gasteiger charge is 2.11. The summed E-state index contributed by atoms with van der Waals surface area (Å²) in [5.41, 5.74) is 0.784. The van der Waals surface area contributed by atoms with E-state index in [1.54, 1.807) is 31.2 Å². The Kier molecular flexibility index (Phi) is 5.09. The number of esters is 1. The number of aryl methyl sites for hydroxylation is 1. The SMILES string of the molecule is CCC(=O)Oc1ccccc1COc1cc(F)c(C)cc1F. The van der Waals surface area contributed by atoms with Gasteiger partial charge in [-0.2, -0.15) is 0 Å². The predicted octanol–water partition coefficient (Wildman–Crippen LogP) is 4.17. The zero-order chi connectivity index (χ0) is 16.1. The van der Waals surface area contributed by atoms with E-state index in [2.05, 4.69) is 0 Å². The lowest BCUT2D eigenvalue weighted by Gasteiger charge is -2.12. The first-order chi connectivity index (χ1) is 10.5. The van der Waals surface area contributed by atoms with Gasteiger partial charge >= 0.3 is 5.97 Å². The largest absolute Gasteiger partial charge is 0.486 e. The van der Waals surface area contributed by atoms with Crippen molar-refractivity contribution in [3.63, 3.8) is 0 Å². The Morgan fingerprint density at radius 1 is 1.09 bits per heavy atom. The molecule has 116 valence electrons. The van der Waals surface area contributed by atoms with Crippen molar-refractivity contribution in [1.29, 1.82) is 0 Å². The van der Waals surface area contributed by atoms with E-state index in [-0.39, 0.29) is 30.3 Å². The molecule has 0 aliphatic carbocycles. The van der Waals surface area contributed by atoms with Crippen LogP contribution in [0.5, 0.6) is 11.5 Å². The van der Waals surface area contributed by atoms with Crippen LogP contribution in [-0.2, 0) is 11.4 Å². The third kappa shape index (κ3) is 3.81. The number of carbonyl (C=O) groups excluding carboxylic acids is 1. The van der Waals surface area contributed by atoms with Crippen LogP contribution in [0.1, 0.15) is 24.5 Å². The van der Waals surface area contributed by atoms with Crippen molar-refractivity contribution in [2.45, 2.75) is 26.9 Å². The van der Waals surface area contributed by atoms with Crippen LogP contribution in [0.3, 0.4) is 0 Å². The summed E-state index contributed by atoms with van der Waals surface area (Å²) in [6, 6.07) is 8.86. The fourth-order valence-corrected chi connectivity index (χ4v) is 1.81. The maximum atomic E-state index is 13.7. The second-order valence-corrected chi connectivity index (χ2v) is 4.76. The first-order valence-corrected chi connectivity index (χ1v) is 6.88. The first-order valence-electron chi connectivity index (χ1n) is 6.88. The van der Waals surface area contributed by atoms with Gasteiger partial charge in [0.05, 0.1) is 0 Å². The molecular weight excluding hydrogens is 290 g/mol. The summed E-state index contributed by atoms with van der Waals surface area (Å²) in [6.07, 6.45) is 0.243. The molecule has 0 saturated heterocycles. The molecule has 2 aromatic carbocycles. The molecule has 0 bridgehead atoms. The Labute approximate surface area is 127 Å². The van der Waals surface area contributed by atoms with Crippen LogP contribution in [0.15, 0.2) is 36.4 Å². The zero-order valence-corrected chi connectivity index (χ0v) is 12.4. The van der Waals surface area contributed by atoms with Crippen molar-refractivity contribution in [2.75, 3.05) is 0 Å². The second-order valence-electron chi connectivity index (χ2n) is 4.76. The molecule has 2 aromatic rings. The number of hydrogen-bond donors (Lipinski definition) is 0. The molecular formula is C17H16F2O3. The van der Waals surface area contributed by atoms with E-state index in [0.29, 0.717) is 11.3 Å². The maximum absolute atomic E-state index is 13.7. The Hall–Kier alpha value is -2.43. The average molecular weight is 306 g/mol. The summed E-state index contributed by atoms with van der Waals surface area (Å²) in [4.78, 5) is 11.4. The molecule has 0 unspecified atom stereocenters. The standard InChI is InChI=1S/C17H16F2O3/c1-3-17(20)22-15-7-5-4-6-12(15)10-21-16-9-13(18)11(2)8-14(16)19/h4-9H,3,10H2,1-2H3. The topological polar surface area (TPSA) is 35.5 Å². The van der Waals surface area contributed by atoms with Gasteiger partial charge < -0.3 is 9.47 Å². The third-order valence-corrected chi connectivity index (χ3v) is 3.08. The second kappa shape index (κ2) is 7.02. The quantitative estimate of drug-likeness (QED) is 0.614. The van der Waals surface area contributed by atoms with Gasteiger partial charge in [0.25, 0.3) is 0 Å². The molecule has 0 aliphatic heterocycles. The molecule has 3 nitrogen and oxygen atoms in total. The van der Waals surface area contributed by atoms with Crippen molar-refractivity contribution >= 4 is 5.97 Å². The van der Waals surface area contributed by atoms with Crippen LogP contribution >= 0.6 is 0 Å². The highest BCUT2D eigenvalue weighted by Crippen LogP contribution is 2.25. The van der Waals surface area contributed by atoms with Gasteiger partial charge in [0.1, 0.15) is 18.2 Å². The van der Waals surface area contributed by atoms with Crippen LogP contribution < -0.4 is 9.47 Å². The van der Waals surface area contributed by atoms with Crippen molar-refractivity contribution in [3.8, 4) is 11.5 Å². The number of benzene rings is 2. The minimum absolute atomic E-state index is 0.0351. The predicted molar refractivity (Wildman–Crippen MR) is 77.8 cm³/mol. The van der Waals surface area contributed by atoms with E-state index in [1.165, 1.54) is 6.92 Å². The molecule has 0 aromatic heterocycles. The van der Waals surface area contributed by atoms with Crippen LogP contribution in [0.25, 0.3) is 0 Å². The van der Waals surface area contributed by atoms with Crippen molar-refractivity contribution in [3.05, 3.63) is 59.2 Å². The molecule has 2 rings (SSSR count). The summed E-state index contributed by atoms with van der Waals surface area (Å²) < 4.78 is 37.7. The number of para-hydroxylation sites is 1. The minimum Gasteiger partial charge on any atom is -0.486 e. The van der Waals surface area contributed by atoms with E-state index in [4.69, 9.17) is 9.47 Å². The van der Waals surface area contributed by atoms with Gasteiger partial charge in [-0.15, -0.1) is 0 Å². The Morgan fingerprint density at radius 3 is 2.55 bits per heavy atom. The van der Waals surface area contributed by atoms with Crippen LogP contribution in [-0.4, -0.2) is 5.97 Å². The summed E-state index contributed by atoms with van der Waals surface area (Å²) in [5.74, 6) is -1.38. The monoisotopic (exact) mass is 306 g/mol. The van der Waals surface area contributed by atoms with E-state index >= 15 is 0 Å². The van der Waals surface area contributed by atoms with Gasteiger partial charge in [-0.3, -0.25) is 4.79 Å².